The van der Waals surface area contributed by atoms with Crippen molar-refractivity contribution in [2.24, 2.45) is 11.8 Å². The standard InChI is InChI=1S/C26H37N5O4/c1-18(2)16-31(26(33)19(3)4)17-25(32)30-13-11-29(12-14-30)24-10-9-22(27-28-24)21-8-7-20(34-5)15-23(21)35-6/h7-10,15,18-19H,11-14,16-17H2,1-6H3. The normalized spacial score (nSPS) is 13.8. The minimum atomic E-state index is -0.127. The summed E-state index contributed by atoms with van der Waals surface area (Å²) in [6.45, 7) is 11.1. The van der Waals surface area contributed by atoms with Gasteiger partial charge in [-0.15, -0.1) is 10.2 Å². The Morgan fingerprint density at radius 1 is 0.971 bits per heavy atom. The highest BCUT2D eigenvalue weighted by Crippen LogP contribution is 2.32. The van der Waals surface area contributed by atoms with E-state index in [-0.39, 0.29) is 24.3 Å². The van der Waals surface area contributed by atoms with Crippen LogP contribution in [-0.2, 0) is 9.59 Å². The zero-order valence-corrected chi connectivity index (χ0v) is 21.7. The minimum absolute atomic E-state index is 0.00710. The van der Waals surface area contributed by atoms with Gasteiger partial charge in [0.05, 0.1) is 26.5 Å². The number of ether oxygens (including phenoxy) is 2. The molecule has 2 heterocycles. The minimum Gasteiger partial charge on any atom is -0.497 e. The molecule has 3 rings (SSSR count). The average Bonchev–Trinajstić information content (AvgIpc) is 2.87. The van der Waals surface area contributed by atoms with E-state index in [2.05, 4.69) is 28.9 Å². The third kappa shape index (κ3) is 6.61. The van der Waals surface area contributed by atoms with Crippen molar-refractivity contribution in [1.82, 2.24) is 20.0 Å². The first-order chi connectivity index (χ1) is 16.7. The molecule has 1 aromatic carbocycles. The summed E-state index contributed by atoms with van der Waals surface area (Å²) in [5, 5.41) is 8.83. The van der Waals surface area contributed by atoms with Gasteiger partial charge in [-0.25, -0.2) is 0 Å². The lowest BCUT2D eigenvalue weighted by molar-refractivity contribution is -0.143. The fourth-order valence-corrected chi connectivity index (χ4v) is 4.13. The SMILES string of the molecule is COc1ccc(-c2ccc(N3CCN(C(=O)CN(CC(C)C)C(=O)C(C)C)CC3)nn2)c(OC)c1. The molecule has 190 valence electrons. The first-order valence-corrected chi connectivity index (χ1v) is 12.1. The predicted molar refractivity (Wildman–Crippen MR) is 136 cm³/mol. The Morgan fingerprint density at radius 2 is 1.69 bits per heavy atom. The zero-order valence-electron chi connectivity index (χ0n) is 21.7. The van der Waals surface area contributed by atoms with Gasteiger partial charge < -0.3 is 24.2 Å². The highest BCUT2D eigenvalue weighted by Gasteiger charge is 2.26. The summed E-state index contributed by atoms with van der Waals surface area (Å²) < 4.78 is 10.7. The van der Waals surface area contributed by atoms with Gasteiger partial charge in [-0.05, 0) is 30.2 Å². The van der Waals surface area contributed by atoms with Crippen LogP contribution in [0.3, 0.4) is 0 Å². The highest BCUT2D eigenvalue weighted by molar-refractivity contribution is 5.85. The van der Waals surface area contributed by atoms with Crippen molar-refractivity contribution < 1.29 is 19.1 Å². The van der Waals surface area contributed by atoms with Gasteiger partial charge in [0, 0.05) is 50.3 Å². The van der Waals surface area contributed by atoms with Crippen molar-refractivity contribution in [3.8, 4) is 22.8 Å². The smallest absolute Gasteiger partial charge is 0.242 e. The number of methoxy groups -OCH3 is 2. The van der Waals surface area contributed by atoms with Crippen LogP contribution in [0.2, 0.25) is 0 Å². The van der Waals surface area contributed by atoms with Gasteiger partial charge >= 0.3 is 0 Å². The maximum Gasteiger partial charge on any atom is 0.242 e. The van der Waals surface area contributed by atoms with Crippen LogP contribution < -0.4 is 14.4 Å². The van der Waals surface area contributed by atoms with E-state index in [1.807, 2.05) is 49.1 Å². The molecule has 0 saturated carbocycles. The fraction of sp³-hybridized carbons (Fsp3) is 0.538. The maximum absolute atomic E-state index is 12.9. The first kappa shape index (κ1) is 26.2. The zero-order chi connectivity index (χ0) is 25.5. The fourth-order valence-electron chi connectivity index (χ4n) is 4.13. The number of rotatable bonds is 9. The van der Waals surface area contributed by atoms with E-state index in [9.17, 15) is 9.59 Å². The van der Waals surface area contributed by atoms with Crippen LogP contribution in [0.4, 0.5) is 5.82 Å². The van der Waals surface area contributed by atoms with Crippen LogP contribution in [0, 0.1) is 11.8 Å². The lowest BCUT2D eigenvalue weighted by atomic mass is 10.1. The molecule has 1 saturated heterocycles. The number of amides is 2. The van der Waals surface area contributed by atoms with Gasteiger partial charge in [0.1, 0.15) is 11.5 Å². The molecule has 9 heteroatoms. The van der Waals surface area contributed by atoms with Crippen molar-refractivity contribution in [2.45, 2.75) is 27.7 Å². The number of carbonyl (C=O) groups excluding carboxylic acids is 2. The largest absolute Gasteiger partial charge is 0.497 e. The molecule has 0 radical (unpaired) electrons. The Hall–Kier alpha value is -3.36. The number of benzene rings is 1. The van der Waals surface area contributed by atoms with Crippen molar-refractivity contribution in [2.75, 3.05) is 58.4 Å². The van der Waals surface area contributed by atoms with Gasteiger partial charge in [0.2, 0.25) is 11.8 Å². The summed E-state index contributed by atoms with van der Waals surface area (Å²) in [6, 6.07) is 9.44. The van der Waals surface area contributed by atoms with Crippen LogP contribution >= 0.6 is 0 Å². The Morgan fingerprint density at radius 3 is 2.23 bits per heavy atom. The topological polar surface area (TPSA) is 88.1 Å². The average molecular weight is 484 g/mol. The molecule has 2 aromatic rings. The van der Waals surface area contributed by atoms with Crippen molar-refractivity contribution in [3.05, 3.63) is 30.3 Å². The van der Waals surface area contributed by atoms with Crippen LogP contribution in [0.5, 0.6) is 11.5 Å². The van der Waals surface area contributed by atoms with Gasteiger partial charge in [-0.2, -0.15) is 0 Å². The van der Waals surface area contributed by atoms with Gasteiger partial charge in [-0.3, -0.25) is 9.59 Å². The third-order valence-electron chi connectivity index (χ3n) is 6.01. The molecule has 1 aromatic heterocycles. The molecule has 0 unspecified atom stereocenters. The summed E-state index contributed by atoms with van der Waals surface area (Å²) in [5.74, 6) is 2.34. The van der Waals surface area contributed by atoms with Gasteiger partial charge in [0.25, 0.3) is 0 Å². The molecular formula is C26H37N5O4. The molecule has 2 amide bonds. The highest BCUT2D eigenvalue weighted by atomic mass is 16.5. The summed E-state index contributed by atoms with van der Waals surface area (Å²) >= 11 is 0. The summed E-state index contributed by atoms with van der Waals surface area (Å²) in [7, 11) is 3.23. The van der Waals surface area contributed by atoms with E-state index in [0.29, 0.717) is 55.8 Å². The molecule has 0 atom stereocenters. The summed E-state index contributed by atoms with van der Waals surface area (Å²) in [4.78, 5) is 31.1. The van der Waals surface area contributed by atoms with E-state index < -0.39 is 0 Å². The second-order valence-electron chi connectivity index (χ2n) is 9.48. The molecule has 0 bridgehead atoms. The quantitative estimate of drug-likeness (QED) is 0.542. The number of hydrogen-bond acceptors (Lipinski definition) is 7. The second-order valence-corrected chi connectivity index (χ2v) is 9.48. The van der Waals surface area contributed by atoms with Crippen molar-refractivity contribution >= 4 is 17.6 Å². The molecule has 0 spiro atoms. The molecule has 9 nitrogen and oxygen atoms in total. The number of nitrogens with zero attached hydrogens (tertiary/aromatic N) is 5. The van der Waals surface area contributed by atoms with E-state index in [1.54, 1.807) is 19.1 Å². The Bertz CT molecular complexity index is 1000. The summed E-state index contributed by atoms with van der Waals surface area (Å²) in [6.07, 6.45) is 0. The molecular weight excluding hydrogens is 446 g/mol. The third-order valence-corrected chi connectivity index (χ3v) is 6.01. The molecule has 1 aliphatic heterocycles. The van der Waals surface area contributed by atoms with E-state index in [0.717, 1.165) is 11.4 Å². The van der Waals surface area contributed by atoms with Crippen LogP contribution in [0.25, 0.3) is 11.3 Å². The number of piperazine rings is 1. The lowest BCUT2D eigenvalue weighted by Crippen LogP contribution is -2.52. The van der Waals surface area contributed by atoms with E-state index in [1.165, 1.54) is 0 Å². The van der Waals surface area contributed by atoms with Crippen molar-refractivity contribution in [3.63, 3.8) is 0 Å². The van der Waals surface area contributed by atoms with Crippen LogP contribution in [0.1, 0.15) is 27.7 Å². The predicted octanol–water partition coefficient (Wildman–Crippen LogP) is 2.95. The Balaban J connectivity index is 1.60. The summed E-state index contributed by atoms with van der Waals surface area (Å²) in [5.41, 5.74) is 1.55. The number of carbonyl (C=O) groups is 2. The van der Waals surface area contributed by atoms with Crippen LogP contribution in [0.15, 0.2) is 30.3 Å². The monoisotopic (exact) mass is 483 g/mol. The van der Waals surface area contributed by atoms with E-state index >= 15 is 0 Å². The van der Waals surface area contributed by atoms with Gasteiger partial charge in [-0.1, -0.05) is 27.7 Å². The molecule has 0 aliphatic carbocycles. The Kier molecular flexibility index (Phi) is 8.89. The Labute approximate surface area is 208 Å². The second kappa shape index (κ2) is 11.9. The lowest BCUT2D eigenvalue weighted by Gasteiger charge is -2.36. The molecule has 1 fully saturated rings. The number of aromatic nitrogens is 2. The number of hydrogen-bond donors (Lipinski definition) is 0. The van der Waals surface area contributed by atoms with Crippen LogP contribution in [-0.4, -0.2) is 85.3 Å². The molecule has 35 heavy (non-hydrogen) atoms. The molecule has 1 aliphatic rings. The van der Waals surface area contributed by atoms with Crippen molar-refractivity contribution in [1.29, 1.82) is 0 Å². The molecule has 0 N–H and O–H groups in total. The van der Waals surface area contributed by atoms with Gasteiger partial charge in [0.15, 0.2) is 5.82 Å². The van der Waals surface area contributed by atoms with E-state index in [4.69, 9.17) is 9.47 Å². The number of anilines is 1. The maximum atomic E-state index is 12.9. The first-order valence-electron chi connectivity index (χ1n) is 12.1.